The lowest BCUT2D eigenvalue weighted by Crippen LogP contribution is -2.47. The van der Waals surface area contributed by atoms with Gasteiger partial charge in [0.25, 0.3) is 5.91 Å². The molecule has 1 aromatic rings. The van der Waals surface area contributed by atoms with Crippen molar-refractivity contribution in [2.45, 2.75) is 18.9 Å². The Kier molecular flexibility index (Phi) is 4.99. The standard InChI is InChI=1S/C14H21BrN4O/c1-16-11-5-4-6-19(9-11)14(20)12-7-10(15)8-17-13(12)18(2)3/h7-8,11,16H,4-6,9H2,1-3H3. The summed E-state index contributed by atoms with van der Waals surface area (Å²) in [5.74, 6) is 0.771. The lowest BCUT2D eigenvalue weighted by atomic mass is 10.0. The van der Waals surface area contributed by atoms with Gasteiger partial charge in [-0.15, -0.1) is 0 Å². The van der Waals surface area contributed by atoms with Crippen LogP contribution >= 0.6 is 15.9 Å². The van der Waals surface area contributed by atoms with Crippen molar-refractivity contribution in [2.75, 3.05) is 39.1 Å². The van der Waals surface area contributed by atoms with E-state index in [1.165, 1.54) is 0 Å². The van der Waals surface area contributed by atoms with Crippen LogP contribution in [0.1, 0.15) is 23.2 Å². The van der Waals surface area contributed by atoms with Crippen LogP contribution in [0.3, 0.4) is 0 Å². The number of carbonyl (C=O) groups is 1. The number of anilines is 1. The highest BCUT2D eigenvalue weighted by atomic mass is 79.9. The smallest absolute Gasteiger partial charge is 0.257 e. The fourth-order valence-electron chi connectivity index (χ4n) is 2.51. The van der Waals surface area contributed by atoms with Gasteiger partial charge in [0.1, 0.15) is 5.82 Å². The lowest BCUT2D eigenvalue weighted by Gasteiger charge is -2.33. The van der Waals surface area contributed by atoms with E-state index in [-0.39, 0.29) is 5.91 Å². The molecule has 1 atom stereocenters. The normalized spacial score (nSPS) is 19.0. The Morgan fingerprint density at radius 2 is 2.30 bits per heavy atom. The van der Waals surface area contributed by atoms with Gasteiger partial charge in [-0.2, -0.15) is 0 Å². The van der Waals surface area contributed by atoms with Crippen LogP contribution in [0, 0.1) is 0 Å². The molecule has 1 aliphatic heterocycles. The predicted molar refractivity (Wildman–Crippen MR) is 84.2 cm³/mol. The summed E-state index contributed by atoms with van der Waals surface area (Å²) in [6.07, 6.45) is 3.88. The van der Waals surface area contributed by atoms with E-state index in [4.69, 9.17) is 0 Å². The Bertz CT molecular complexity index is 492. The summed E-state index contributed by atoms with van der Waals surface area (Å²) in [5.41, 5.74) is 0.654. The minimum absolute atomic E-state index is 0.0578. The summed E-state index contributed by atoms with van der Waals surface area (Å²) >= 11 is 3.40. The van der Waals surface area contributed by atoms with Gasteiger partial charge >= 0.3 is 0 Å². The van der Waals surface area contributed by atoms with E-state index in [0.29, 0.717) is 17.4 Å². The highest BCUT2D eigenvalue weighted by Gasteiger charge is 2.26. The van der Waals surface area contributed by atoms with Crippen molar-refractivity contribution in [2.24, 2.45) is 0 Å². The predicted octanol–water partition coefficient (Wildman–Crippen LogP) is 1.73. The number of halogens is 1. The molecule has 110 valence electrons. The van der Waals surface area contributed by atoms with Crippen molar-refractivity contribution in [3.05, 3.63) is 22.3 Å². The summed E-state index contributed by atoms with van der Waals surface area (Å²) in [6.45, 7) is 1.57. The number of rotatable bonds is 3. The number of aromatic nitrogens is 1. The highest BCUT2D eigenvalue weighted by Crippen LogP contribution is 2.23. The first-order valence-electron chi connectivity index (χ1n) is 6.82. The van der Waals surface area contributed by atoms with E-state index in [2.05, 4.69) is 26.2 Å². The van der Waals surface area contributed by atoms with Crippen LogP contribution in [-0.4, -0.2) is 56.1 Å². The van der Waals surface area contributed by atoms with Gasteiger partial charge in [0.2, 0.25) is 0 Å². The third kappa shape index (κ3) is 3.30. The van der Waals surface area contributed by atoms with Gasteiger partial charge in [-0.3, -0.25) is 4.79 Å². The van der Waals surface area contributed by atoms with E-state index >= 15 is 0 Å². The molecule has 0 saturated carbocycles. The number of nitrogens with one attached hydrogen (secondary N) is 1. The first-order valence-corrected chi connectivity index (χ1v) is 7.61. The number of carbonyl (C=O) groups excluding carboxylic acids is 1. The van der Waals surface area contributed by atoms with Gasteiger partial charge in [-0.25, -0.2) is 4.98 Å². The van der Waals surface area contributed by atoms with Crippen molar-refractivity contribution in [3.8, 4) is 0 Å². The zero-order valence-electron chi connectivity index (χ0n) is 12.2. The summed E-state index contributed by atoms with van der Waals surface area (Å²) in [4.78, 5) is 20.9. The third-order valence-electron chi connectivity index (χ3n) is 3.60. The summed E-state index contributed by atoms with van der Waals surface area (Å²) in [5, 5.41) is 3.26. The van der Waals surface area contributed by atoms with Crippen molar-refractivity contribution in [3.63, 3.8) is 0 Å². The molecule has 1 unspecified atom stereocenters. The molecule has 0 bridgehead atoms. The molecule has 2 heterocycles. The van der Waals surface area contributed by atoms with Crippen molar-refractivity contribution in [1.29, 1.82) is 0 Å². The van der Waals surface area contributed by atoms with E-state index in [9.17, 15) is 4.79 Å². The van der Waals surface area contributed by atoms with E-state index in [1.54, 1.807) is 6.20 Å². The van der Waals surface area contributed by atoms with Crippen LogP contribution in [0.4, 0.5) is 5.82 Å². The molecule has 0 aliphatic carbocycles. The minimum Gasteiger partial charge on any atom is -0.362 e. The molecule has 5 nitrogen and oxygen atoms in total. The van der Waals surface area contributed by atoms with Crippen LogP contribution in [0.15, 0.2) is 16.7 Å². The second-order valence-electron chi connectivity index (χ2n) is 5.30. The second kappa shape index (κ2) is 6.54. The maximum Gasteiger partial charge on any atom is 0.257 e. The zero-order valence-corrected chi connectivity index (χ0v) is 13.8. The van der Waals surface area contributed by atoms with Gasteiger partial charge in [-0.05, 0) is 41.9 Å². The molecule has 1 amide bonds. The summed E-state index contributed by atoms with van der Waals surface area (Å²) in [6, 6.07) is 2.24. The van der Waals surface area contributed by atoms with Gasteiger partial charge < -0.3 is 15.1 Å². The quantitative estimate of drug-likeness (QED) is 0.910. The molecule has 6 heteroatoms. The molecular weight excluding hydrogens is 320 g/mol. The lowest BCUT2D eigenvalue weighted by molar-refractivity contribution is 0.0698. The van der Waals surface area contributed by atoms with Crippen LogP contribution in [0.2, 0.25) is 0 Å². The first kappa shape index (κ1) is 15.3. The Hall–Kier alpha value is -1.14. The minimum atomic E-state index is 0.0578. The van der Waals surface area contributed by atoms with Gasteiger partial charge in [0.05, 0.1) is 5.56 Å². The molecule has 1 aromatic heterocycles. The van der Waals surface area contributed by atoms with Crippen molar-refractivity contribution < 1.29 is 4.79 Å². The molecule has 1 N–H and O–H groups in total. The zero-order chi connectivity index (χ0) is 14.7. The van der Waals surface area contributed by atoms with Crippen LogP contribution in [-0.2, 0) is 0 Å². The first-order chi connectivity index (χ1) is 9.52. The second-order valence-corrected chi connectivity index (χ2v) is 6.21. The number of hydrogen-bond acceptors (Lipinski definition) is 4. The monoisotopic (exact) mass is 340 g/mol. The summed E-state index contributed by atoms with van der Waals surface area (Å²) in [7, 11) is 5.75. The Morgan fingerprint density at radius 1 is 1.55 bits per heavy atom. The third-order valence-corrected chi connectivity index (χ3v) is 4.04. The number of likely N-dealkylation sites (N-methyl/N-ethyl adjacent to an activating group) is 1. The molecule has 1 aliphatic rings. The van der Waals surface area contributed by atoms with Crippen molar-refractivity contribution >= 4 is 27.7 Å². The molecule has 0 radical (unpaired) electrons. The fourth-order valence-corrected chi connectivity index (χ4v) is 2.84. The number of piperidine rings is 1. The number of amides is 1. The number of nitrogens with zero attached hydrogens (tertiary/aromatic N) is 3. The van der Waals surface area contributed by atoms with Gasteiger partial charge in [-0.1, -0.05) is 0 Å². The number of hydrogen-bond donors (Lipinski definition) is 1. The molecular formula is C14H21BrN4O. The van der Waals surface area contributed by atoms with E-state index in [0.717, 1.165) is 30.4 Å². The largest absolute Gasteiger partial charge is 0.362 e. The number of pyridine rings is 1. The van der Waals surface area contributed by atoms with Crippen molar-refractivity contribution in [1.82, 2.24) is 15.2 Å². The topological polar surface area (TPSA) is 48.5 Å². The van der Waals surface area contributed by atoms with Gasteiger partial charge in [0.15, 0.2) is 0 Å². The molecule has 1 fully saturated rings. The highest BCUT2D eigenvalue weighted by molar-refractivity contribution is 9.10. The number of likely N-dealkylation sites (tertiary alicyclic amines) is 1. The van der Waals surface area contributed by atoms with Crippen LogP contribution in [0.5, 0.6) is 0 Å². The molecule has 0 spiro atoms. The average molecular weight is 341 g/mol. The Balaban J connectivity index is 2.26. The Labute approximate surface area is 128 Å². The maximum atomic E-state index is 12.7. The molecule has 20 heavy (non-hydrogen) atoms. The van der Waals surface area contributed by atoms with Gasteiger partial charge in [0, 0.05) is 43.9 Å². The fraction of sp³-hybridized carbons (Fsp3) is 0.571. The molecule has 1 saturated heterocycles. The maximum absolute atomic E-state index is 12.7. The molecule has 0 aromatic carbocycles. The molecule has 2 rings (SSSR count). The van der Waals surface area contributed by atoms with E-state index < -0.39 is 0 Å². The van der Waals surface area contributed by atoms with Crippen LogP contribution in [0.25, 0.3) is 0 Å². The van der Waals surface area contributed by atoms with E-state index in [1.807, 2.05) is 37.0 Å². The SMILES string of the molecule is CNC1CCCN(C(=O)c2cc(Br)cnc2N(C)C)C1. The van der Waals surface area contributed by atoms with Crippen LogP contribution < -0.4 is 10.2 Å². The summed E-state index contributed by atoms with van der Waals surface area (Å²) < 4.78 is 0.827. The average Bonchev–Trinajstić information content (AvgIpc) is 2.46. The Morgan fingerprint density at radius 3 is 2.95 bits per heavy atom.